The van der Waals surface area contributed by atoms with Crippen molar-refractivity contribution in [3.63, 3.8) is 0 Å². The van der Waals surface area contributed by atoms with Crippen molar-refractivity contribution in [2.75, 3.05) is 18.6 Å². The standard InChI is InChI=1S/C14H16N2O2/c1-14(8-3-9-18-14)13(17)16(2)12-6-4-11(10-15)5-7-12/h4-7H,3,8-9H2,1-2H3. The minimum Gasteiger partial charge on any atom is -0.365 e. The molecule has 94 valence electrons. The maximum atomic E-state index is 12.4. The lowest BCUT2D eigenvalue weighted by molar-refractivity contribution is -0.136. The number of carbonyl (C=O) groups excluding carboxylic acids is 1. The molecule has 2 rings (SSSR count). The van der Waals surface area contributed by atoms with Crippen LogP contribution in [0.5, 0.6) is 0 Å². The molecule has 0 radical (unpaired) electrons. The van der Waals surface area contributed by atoms with Crippen LogP contribution in [0.1, 0.15) is 25.3 Å². The van der Waals surface area contributed by atoms with Gasteiger partial charge in [0.25, 0.3) is 5.91 Å². The molecule has 4 nitrogen and oxygen atoms in total. The summed E-state index contributed by atoms with van der Waals surface area (Å²) >= 11 is 0. The molecular formula is C14H16N2O2. The highest BCUT2D eigenvalue weighted by molar-refractivity contribution is 5.99. The van der Waals surface area contributed by atoms with Crippen LogP contribution in [0.25, 0.3) is 0 Å². The molecule has 1 aliphatic heterocycles. The van der Waals surface area contributed by atoms with Gasteiger partial charge in [-0.25, -0.2) is 0 Å². The molecular weight excluding hydrogens is 228 g/mol. The molecule has 4 heteroatoms. The monoisotopic (exact) mass is 244 g/mol. The molecule has 1 atom stereocenters. The number of nitriles is 1. The van der Waals surface area contributed by atoms with Crippen LogP contribution in [0.4, 0.5) is 5.69 Å². The lowest BCUT2D eigenvalue weighted by atomic mass is 10.0. The Hall–Kier alpha value is -1.86. The molecule has 0 aliphatic carbocycles. The third-order valence-corrected chi connectivity index (χ3v) is 3.36. The summed E-state index contributed by atoms with van der Waals surface area (Å²) in [6, 6.07) is 9.01. The number of likely N-dealkylation sites (N-methyl/N-ethyl adjacent to an activating group) is 1. The Balaban J connectivity index is 2.17. The van der Waals surface area contributed by atoms with Crippen LogP contribution in [0.2, 0.25) is 0 Å². The number of hydrogen-bond donors (Lipinski definition) is 0. The fraction of sp³-hybridized carbons (Fsp3) is 0.429. The average molecular weight is 244 g/mol. The SMILES string of the molecule is CN(C(=O)C1(C)CCCO1)c1ccc(C#N)cc1. The lowest BCUT2D eigenvalue weighted by Gasteiger charge is -2.28. The predicted octanol–water partition coefficient (Wildman–Crippen LogP) is 2.09. The molecule has 1 fully saturated rings. The zero-order valence-corrected chi connectivity index (χ0v) is 10.6. The first kappa shape index (κ1) is 12.6. The van der Waals surface area contributed by atoms with Crippen molar-refractivity contribution in [1.82, 2.24) is 0 Å². The van der Waals surface area contributed by atoms with Crippen molar-refractivity contribution in [3.8, 4) is 6.07 Å². The maximum Gasteiger partial charge on any atom is 0.258 e. The molecule has 1 saturated heterocycles. The molecule has 1 aromatic rings. The average Bonchev–Trinajstić information content (AvgIpc) is 2.85. The highest BCUT2D eigenvalue weighted by atomic mass is 16.5. The van der Waals surface area contributed by atoms with Crippen LogP contribution in [0, 0.1) is 11.3 Å². The van der Waals surface area contributed by atoms with Gasteiger partial charge in [-0.3, -0.25) is 4.79 Å². The summed E-state index contributed by atoms with van der Waals surface area (Å²) in [5.41, 5.74) is 0.654. The smallest absolute Gasteiger partial charge is 0.258 e. The van der Waals surface area contributed by atoms with E-state index in [1.165, 1.54) is 0 Å². The Labute approximate surface area is 107 Å². The summed E-state index contributed by atoms with van der Waals surface area (Å²) in [5, 5.41) is 8.74. The minimum atomic E-state index is -0.706. The van der Waals surface area contributed by atoms with Crippen LogP contribution in [-0.2, 0) is 9.53 Å². The number of benzene rings is 1. The van der Waals surface area contributed by atoms with Gasteiger partial charge in [0, 0.05) is 19.3 Å². The molecule has 1 aromatic carbocycles. The number of nitrogens with zero attached hydrogens (tertiary/aromatic N) is 2. The zero-order chi connectivity index (χ0) is 13.2. The Morgan fingerprint density at radius 3 is 2.61 bits per heavy atom. The van der Waals surface area contributed by atoms with Crippen LogP contribution < -0.4 is 4.90 Å². The van der Waals surface area contributed by atoms with Crippen molar-refractivity contribution in [1.29, 1.82) is 5.26 Å². The fourth-order valence-corrected chi connectivity index (χ4v) is 2.18. The molecule has 0 bridgehead atoms. The van der Waals surface area contributed by atoms with Crippen molar-refractivity contribution < 1.29 is 9.53 Å². The van der Waals surface area contributed by atoms with E-state index >= 15 is 0 Å². The van der Waals surface area contributed by atoms with Crippen molar-refractivity contribution in [3.05, 3.63) is 29.8 Å². The summed E-state index contributed by atoms with van der Waals surface area (Å²) in [5.74, 6) is -0.0373. The van der Waals surface area contributed by atoms with Gasteiger partial charge in [-0.1, -0.05) is 0 Å². The second kappa shape index (κ2) is 4.79. The first-order chi connectivity index (χ1) is 8.57. The predicted molar refractivity (Wildman–Crippen MR) is 68.2 cm³/mol. The summed E-state index contributed by atoms with van der Waals surface area (Å²) in [7, 11) is 1.73. The van der Waals surface area contributed by atoms with Crippen LogP contribution in [0.3, 0.4) is 0 Å². The third kappa shape index (κ3) is 2.22. The number of carbonyl (C=O) groups is 1. The molecule has 0 spiro atoms. The summed E-state index contributed by atoms with van der Waals surface area (Å²) < 4.78 is 5.55. The summed E-state index contributed by atoms with van der Waals surface area (Å²) in [6.45, 7) is 2.48. The maximum absolute atomic E-state index is 12.4. The molecule has 0 saturated carbocycles. The Kier molecular flexibility index (Phi) is 3.35. The number of amides is 1. The van der Waals surface area contributed by atoms with Crippen molar-refractivity contribution in [2.24, 2.45) is 0 Å². The number of anilines is 1. The first-order valence-electron chi connectivity index (χ1n) is 5.99. The normalized spacial score (nSPS) is 22.5. The highest BCUT2D eigenvalue weighted by Gasteiger charge is 2.39. The number of ether oxygens (including phenoxy) is 1. The molecule has 18 heavy (non-hydrogen) atoms. The Morgan fingerprint density at radius 1 is 1.44 bits per heavy atom. The Bertz CT molecular complexity index is 482. The Morgan fingerprint density at radius 2 is 2.11 bits per heavy atom. The van der Waals surface area contributed by atoms with Gasteiger partial charge in [-0.2, -0.15) is 5.26 Å². The number of rotatable bonds is 2. The molecule has 1 unspecified atom stereocenters. The second-order valence-corrected chi connectivity index (χ2v) is 4.71. The second-order valence-electron chi connectivity index (χ2n) is 4.71. The van der Waals surface area contributed by atoms with E-state index in [-0.39, 0.29) is 5.91 Å². The molecule has 1 heterocycles. The first-order valence-corrected chi connectivity index (χ1v) is 5.99. The quantitative estimate of drug-likeness (QED) is 0.800. The van der Waals surface area contributed by atoms with E-state index in [1.54, 1.807) is 36.2 Å². The van der Waals surface area contributed by atoms with Crippen LogP contribution >= 0.6 is 0 Å². The van der Waals surface area contributed by atoms with Gasteiger partial charge < -0.3 is 9.64 Å². The third-order valence-electron chi connectivity index (χ3n) is 3.36. The molecule has 0 N–H and O–H groups in total. The van der Waals surface area contributed by atoms with Gasteiger partial charge in [0.05, 0.1) is 11.6 Å². The van der Waals surface area contributed by atoms with Gasteiger partial charge in [0.1, 0.15) is 5.60 Å². The minimum absolute atomic E-state index is 0.0373. The van der Waals surface area contributed by atoms with E-state index in [9.17, 15) is 4.79 Å². The molecule has 1 aliphatic rings. The van der Waals surface area contributed by atoms with Gasteiger partial charge in [-0.05, 0) is 44.0 Å². The highest BCUT2D eigenvalue weighted by Crippen LogP contribution is 2.28. The molecule has 0 aromatic heterocycles. The van der Waals surface area contributed by atoms with Gasteiger partial charge in [-0.15, -0.1) is 0 Å². The van der Waals surface area contributed by atoms with E-state index in [0.717, 1.165) is 18.5 Å². The van der Waals surface area contributed by atoms with E-state index in [2.05, 4.69) is 6.07 Å². The molecule has 1 amide bonds. The number of hydrogen-bond acceptors (Lipinski definition) is 3. The van der Waals surface area contributed by atoms with Gasteiger partial charge in [0.15, 0.2) is 0 Å². The van der Waals surface area contributed by atoms with Crippen LogP contribution in [-0.4, -0.2) is 25.2 Å². The topological polar surface area (TPSA) is 53.3 Å². The van der Waals surface area contributed by atoms with Gasteiger partial charge in [0.2, 0.25) is 0 Å². The van der Waals surface area contributed by atoms with Gasteiger partial charge >= 0.3 is 0 Å². The largest absolute Gasteiger partial charge is 0.365 e. The van der Waals surface area contributed by atoms with Crippen molar-refractivity contribution >= 4 is 11.6 Å². The fourth-order valence-electron chi connectivity index (χ4n) is 2.18. The summed E-state index contributed by atoms with van der Waals surface area (Å²) in [6.07, 6.45) is 1.68. The van der Waals surface area contributed by atoms with E-state index in [4.69, 9.17) is 10.00 Å². The summed E-state index contributed by atoms with van der Waals surface area (Å²) in [4.78, 5) is 13.9. The van der Waals surface area contributed by atoms with Crippen molar-refractivity contribution in [2.45, 2.75) is 25.4 Å². The van der Waals surface area contributed by atoms with Crippen LogP contribution in [0.15, 0.2) is 24.3 Å². The van der Waals surface area contributed by atoms with E-state index < -0.39 is 5.60 Å². The van der Waals surface area contributed by atoms with E-state index in [1.807, 2.05) is 6.92 Å². The van der Waals surface area contributed by atoms with E-state index in [0.29, 0.717) is 12.2 Å². The lowest BCUT2D eigenvalue weighted by Crippen LogP contribution is -2.45. The zero-order valence-electron chi connectivity index (χ0n) is 10.6.